The van der Waals surface area contributed by atoms with Gasteiger partial charge in [0.1, 0.15) is 6.61 Å². The Hall–Kier alpha value is -0.370. The maximum atomic E-state index is 11.1. The van der Waals surface area contributed by atoms with Crippen LogP contribution in [0.4, 0.5) is 0 Å². The van der Waals surface area contributed by atoms with Gasteiger partial charge in [0.25, 0.3) is 0 Å². The second kappa shape index (κ2) is 4.87. The van der Waals surface area contributed by atoms with Crippen molar-refractivity contribution in [1.29, 1.82) is 0 Å². The van der Waals surface area contributed by atoms with E-state index in [-0.39, 0.29) is 29.3 Å². The summed E-state index contributed by atoms with van der Waals surface area (Å²) >= 11 is 0. The molecule has 0 bridgehead atoms. The lowest BCUT2D eigenvalue weighted by Gasteiger charge is -2.42. The molecular weight excluding hydrogens is 200 g/mol. The van der Waals surface area contributed by atoms with E-state index in [0.717, 1.165) is 0 Å². The van der Waals surface area contributed by atoms with E-state index in [2.05, 4.69) is 27.7 Å². The van der Waals surface area contributed by atoms with Crippen LogP contribution in [0.15, 0.2) is 0 Å². The summed E-state index contributed by atoms with van der Waals surface area (Å²) in [6, 6.07) is 0. The maximum Gasteiger partial charge on any atom is 0.155 e. The van der Waals surface area contributed by atoms with Gasteiger partial charge in [-0.05, 0) is 30.6 Å². The van der Waals surface area contributed by atoms with Crippen LogP contribution in [0.2, 0.25) is 0 Å². The summed E-state index contributed by atoms with van der Waals surface area (Å²) in [5.74, 6) is 0.121. The highest BCUT2D eigenvalue weighted by molar-refractivity contribution is 5.76. The Bertz CT molecular complexity index is 235. The molecule has 1 aliphatic carbocycles. The highest BCUT2D eigenvalue weighted by Gasteiger charge is 2.42. The summed E-state index contributed by atoms with van der Waals surface area (Å²) in [6.07, 6.45) is 5.12. The van der Waals surface area contributed by atoms with Crippen LogP contribution >= 0.6 is 0 Å². The zero-order chi connectivity index (χ0) is 12.4. The molecule has 0 heterocycles. The minimum absolute atomic E-state index is 0.121. The Labute approximate surface area is 99.8 Å². The molecule has 2 nitrogen and oxygen atoms in total. The molecule has 0 atom stereocenters. The summed E-state index contributed by atoms with van der Waals surface area (Å²) in [5.41, 5.74) is 0.352. The first kappa shape index (κ1) is 13.7. The fourth-order valence-electron chi connectivity index (χ4n) is 3.13. The smallest absolute Gasteiger partial charge is 0.155 e. The minimum Gasteiger partial charge on any atom is -0.369 e. The zero-order valence-corrected chi connectivity index (χ0v) is 11.4. The predicted molar refractivity (Wildman–Crippen MR) is 66.5 cm³/mol. The van der Waals surface area contributed by atoms with Crippen molar-refractivity contribution in [2.75, 3.05) is 6.61 Å². The molecular formula is C14H26O2. The molecule has 0 aliphatic heterocycles. The third kappa shape index (κ3) is 3.31. The second-order valence-corrected chi connectivity index (χ2v) is 6.58. The van der Waals surface area contributed by atoms with Crippen LogP contribution in [0.3, 0.4) is 0 Å². The average molecular weight is 226 g/mol. The van der Waals surface area contributed by atoms with E-state index < -0.39 is 0 Å². The summed E-state index contributed by atoms with van der Waals surface area (Å²) in [7, 11) is 0. The zero-order valence-electron chi connectivity index (χ0n) is 11.4. The molecule has 0 spiro atoms. The van der Waals surface area contributed by atoms with Gasteiger partial charge in [0, 0.05) is 0 Å². The predicted octanol–water partition coefficient (Wildman–Crippen LogP) is 3.59. The molecule has 0 saturated heterocycles. The third-order valence-electron chi connectivity index (χ3n) is 3.77. The third-order valence-corrected chi connectivity index (χ3v) is 3.77. The van der Waals surface area contributed by atoms with Crippen molar-refractivity contribution in [2.45, 2.75) is 66.4 Å². The number of carbonyl (C=O) groups excluding carboxylic acids is 1. The molecule has 1 saturated carbocycles. The average Bonchev–Trinajstić information content (AvgIpc) is 2.20. The molecule has 1 aliphatic rings. The van der Waals surface area contributed by atoms with Crippen molar-refractivity contribution in [2.24, 2.45) is 10.8 Å². The van der Waals surface area contributed by atoms with Gasteiger partial charge >= 0.3 is 0 Å². The first-order valence-corrected chi connectivity index (χ1v) is 6.37. The number of ether oxygens (including phenoxy) is 1. The summed E-state index contributed by atoms with van der Waals surface area (Å²) in [6.45, 7) is 10.9. The van der Waals surface area contributed by atoms with E-state index in [1.807, 2.05) is 0 Å². The first-order valence-electron chi connectivity index (χ1n) is 6.37. The molecule has 2 heteroatoms. The Morgan fingerprint density at radius 3 is 1.94 bits per heavy atom. The van der Waals surface area contributed by atoms with Crippen molar-refractivity contribution >= 4 is 5.78 Å². The SMILES string of the molecule is CC(=O)COC1C(C)(C)CCCCC1(C)C. The second-order valence-electron chi connectivity index (χ2n) is 6.58. The van der Waals surface area contributed by atoms with Gasteiger partial charge in [-0.3, -0.25) is 4.79 Å². The van der Waals surface area contributed by atoms with Gasteiger partial charge in [-0.15, -0.1) is 0 Å². The van der Waals surface area contributed by atoms with Crippen LogP contribution < -0.4 is 0 Å². The van der Waals surface area contributed by atoms with Crippen LogP contribution in [-0.2, 0) is 9.53 Å². The fraction of sp³-hybridized carbons (Fsp3) is 0.929. The lowest BCUT2D eigenvalue weighted by atomic mass is 9.71. The molecule has 0 aromatic heterocycles. The van der Waals surface area contributed by atoms with Gasteiger partial charge in [0.15, 0.2) is 5.78 Å². The molecule has 1 rings (SSSR count). The van der Waals surface area contributed by atoms with Gasteiger partial charge in [0.05, 0.1) is 6.10 Å². The highest BCUT2D eigenvalue weighted by Crippen LogP contribution is 2.45. The van der Waals surface area contributed by atoms with Crippen LogP contribution in [0.25, 0.3) is 0 Å². The molecule has 0 radical (unpaired) electrons. The highest BCUT2D eigenvalue weighted by atomic mass is 16.5. The van der Waals surface area contributed by atoms with E-state index in [4.69, 9.17) is 4.74 Å². The first-order chi connectivity index (χ1) is 7.26. The number of hydrogen-bond acceptors (Lipinski definition) is 2. The minimum atomic E-state index is 0.121. The molecule has 0 N–H and O–H groups in total. The normalized spacial score (nSPS) is 25.1. The van der Waals surface area contributed by atoms with Crippen molar-refractivity contribution < 1.29 is 9.53 Å². The molecule has 0 unspecified atom stereocenters. The number of carbonyl (C=O) groups is 1. The van der Waals surface area contributed by atoms with Crippen molar-refractivity contribution in [1.82, 2.24) is 0 Å². The molecule has 0 aromatic rings. The topological polar surface area (TPSA) is 26.3 Å². The Morgan fingerprint density at radius 2 is 1.56 bits per heavy atom. The Balaban J connectivity index is 2.81. The van der Waals surface area contributed by atoms with E-state index in [1.165, 1.54) is 25.7 Å². The monoisotopic (exact) mass is 226 g/mol. The van der Waals surface area contributed by atoms with Crippen LogP contribution in [0.1, 0.15) is 60.3 Å². The van der Waals surface area contributed by atoms with Crippen LogP contribution in [0.5, 0.6) is 0 Å². The number of ketones is 1. The largest absolute Gasteiger partial charge is 0.369 e. The summed E-state index contributed by atoms with van der Waals surface area (Å²) in [5, 5.41) is 0. The van der Waals surface area contributed by atoms with E-state index >= 15 is 0 Å². The van der Waals surface area contributed by atoms with Crippen LogP contribution in [-0.4, -0.2) is 18.5 Å². The number of Topliss-reactive ketones (excluding diaryl/α,β-unsaturated/α-hetero) is 1. The van der Waals surface area contributed by atoms with Crippen molar-refractivity contribution in [3.8, 4) is 0 Å². The number of rotatable bonds is 3. The van der Waals surface area contributed by atoms with E-state index in [1.54, 1.807) is 6.92 Å². The van der Waals surface area contributed by atoms with Gasteiger partial charge < -0.3 is 4.74 Å². The van der Waals surface area contributed by atoms with Crippen molar-refractivity contribution in [3.63, 3.8) is 0 Å². The van der Waals surface area contributed by atoms with Crippen LogP contribution in [0, 0.1) is 10.8 Å². The Kier molecular flexibility index (Phi) is 4.17. The lowest BCUT2D eigenvalue weighted by molar-refractivity contribution is -0.134. The standard InChI is InChI=1S/C14H26O2/c1-11(15)10-16-12-13(2,3)8-6-7-9-14(12,4)5/h12H,6-10H2,1-5H3. The summed E-state index contributed by atoms with van der Waals surface area (Å²) < 4.78 is 5.91. The van der Waals surface area contributed by atoms with Gasteiger partial charge in [-0.25, -0.2) is 0 Å². The van der Waals surface area contributed by atoms with Gasteiger partial charge in [-0.1, -0.05) is 40.5 Å². The van der Waals surface area contributed by atoms with Gasteiger partial charge in [-0.2, -0.15) is 0 Å². The molecule has 1 fully saturated rings. The molecule has 94 valence electrons. The van der Waals surface area contributed by atoms with Gasteiger partial charge in [0.2, 0.25) is 0 Å². The van der Waals surface area contributed by atoms with E-state index in [0.29, 0.717) is 0 Å². The Morgan fingerprint density at radius 1 is 1.12 bits per heavy atom. The van der Waals surface area contributed by atoms with E-state index in [9.17, 15) is 4.79 Å². The fourth-order valence-corrected chi connectivity index (χ4v) is 3.13. The quantitative estimate of drug-likeness (QED) is 0.687. The molecule has 0 amide bonds. The lowest BCUT2D eigenvalue weighted by Crippen LogP contribution is -2.43. The van der Waals surface area contributed by atoms with Crippen molar-refractivity contribution in [3.05, 3.63) is 0 Å². The molecule has 0 aromatic carbocycles. The molecule has 16 heavy (non-hydrogen) atoms. The number of hydrogen-bond donors (Lipinski definition) is 0. The summed E-state index contributed by atoms with van der Waals surface area (Å²) in [4.78, 5) is 11.1. The maximum absolute atomic E-state index is 11.1.